The maximum absolute atomic E-state index is 12.7. The van der Waals surface area contributed by atoms with Gasteiger partial charge in [-0.1, -0.05) is 12.1 Å². The van der Waals surface area contributed by atoms with E-state index in [0.29, 0.717) is 11.3 Å². The highest BCUT2D eigenvalue weighted by Gasteiger charge is 2.13. The molecule has 0 saturated heterocycles. The zero-order valence-electron chi connectivity index (χ0n) is 10.5. The minimum absolute atomic E-state index is 0.152. The molecule has 0 bridgehead atoms. The number of rotatable bonds is 3. The van der Waals surface area contributed by atoms with Gasteiger partial charge in [-0.2, -0.15) is 0 Å². The second kappa shape index (κ2) is 6.42. The average molecular weight is 273 g/mol. The Labute approximate surface area is 114 Å². The lowest BCUT2D eigenvalue weighted by atomic mass is 10.2. The predicted octanol–water partition coefficient (Wildman–Crippen LogP) is 1.48. The molecule has 6 heteroatoms. The van der Waals surface area contributed by atoms with Gasteiger partial charge in [-0.15, -0.1) is 0 Å². The molecule has 1 aromatic carbocycles. The lowest BCUT2D eigenvalue weighted by Gasteiger charge is -2.06. The lowest BCUT2D eigenvalue weighted by Crippen LogP contribution is -2.34. The van der Waals surface area contributed by atoms with Crippen LogP contribution in [0.4, 0.5) is 10.1 Å². The second-order valence-electron chi connectivity index (χ2n) is 4.00. The fourth-order valence-corrected chi connectivity index (χ4v) is 1.49. The molecule has 0 atom stereocenters. The predicted molar refractivity (Wildman–Crippen MR) is 71.1 cm³/mol. The van der Waals surface area contributed by atoms with E-state index in [4.69, 9.17) is 0 Å². The third kappa shape index (κ3) is 3.88. The van der Waals surface area contributed by atoms with Crippen LogP contribution < -0.4 is 10.6 Å². The molecule has 1 aromatic heterocycles. The molecule has 102 valence electrons. The number of anilines is 1. The Balaban J connectivity index is 1.85. The molecular formula is C14H12FN3O2. The Kier molecular flexibility index (Phi) is 4.39. The van der Waals surface area contributed by atoms with E-state index in [1.54, 1.807) is 18.3 Å². The number of hydrogen-bond donors (Lipinski definition) is 2. The summed E-state index contributed by atoms with van der Waals surface area (Å²) in [4.78, 5) is 27.0. The van der Waals surface area contributed by atoms with Crippen LogP contribution in [0, 0.1) is 5.82 Å². The highest BCUT2D eigenvalue weighted by molar-refractivity contribution is 6.39. The van der Waals surface area contributed by atoms with Crippen LogP contribution in [-0.2, 0) is 16.1 Å². The van der Waals surface area contributed by atoms with Crippen molar-refractivity contribution in [2.75, 3.05) is 5.32 Å². The lowest BCUT2D eigenvalue weighted by molar-refractivity contribution is -0.136. The van der Waals surface area contributed by atoms with Gasteiger partial charge >= 0.3 is 11.8 Å². The summed E-state index contributed by atoms with van der Waals surface area (Å²) in [6.45, 7) is 0.152. The normalized spacial score (nSPS) is 9.85. The number of benzene rings is 1. The minimum Gasteiger partial charge on any atom is -0.344 e. The van der Waals surface area contributed by atoms with Crippen molar-refractivity contribution >= 4 is 17.5 Å². The fraction of sp³-hybridized carbons (Fsp3) is 0.0714. The van der Waals surface area contributed by atoms with Gasteiger partial charge in [-0.3, -0.25) is 14.6 Å². The van der Waals surface area contributed by atoms with E-state index in [1.165, 1.54) is 30.5 Å². The first-order valence-electron chi connectivity index (χ1n) is 5.89. The zero-order chi connectivity index (χ0) is 14.4. The van der Waals surface area contributed by atoms with Crippen molar-refractivity contribution in [3.05, 3.63) is 60.2 Å². The number of hydrogen-bond acceptors (Lipinski definition) is 3. The first-order chi connectivity index (χ1) is 9.65. The van der Waals surface area contributed by atoms with Gasteiger partial charge in [0.25, 0.3) is 0 Å². The monoisotopic (exact) mass is 273 g/mol. The molecule has 20 heavy (non-hydrogen) atoms. The molecule has 0 saturated carbocycles. The molecule has 2 rings (SSSR count). The molecule has 0 unspecified atom stereocenters. The highest BCUT2D eigenvalue weighted by Crippen LogP contribution is 2.03. The van der Waals surface area contributed by atoms with Crippen molar-refractivity contribution in [1.29, 1.82) is 0 Å². The van der Waals surface area contributed by atoms with Gasteiger partial charge in [0.05, 0.1) is 11.9 Å². The molecule has 0 aliphatic rings. The van der Waals surface area contributed by atoms with E-state index in [9.17, 15) is 14.0 Å². The van der Waals surface area contributed by atoms with Crippen LogP contribution in [0.5, 0.6) is 0 Å². The third-order valence-corrected chi connectivity index (χ3v) is 2.49. The van der Waals surface area contributed by atoms with Crippen molar-refractivity contribution in [3.8, 4) is 0 Å². The summed E-state index contributed by atoms with van der Waals surface area (Å²) in [5, 5.41) is 4.86. The van der Waals surface area contributed by atoms with Crippen LogP contribution >= 0.6 is 0 Å². The molecular weight excluding hydrogens is 261 g/mol. The molecule has 0 aliphatic carbocycles. The molecule has 0 aliphatic heterocycles. The Morgan fingerprint density at radius 2 is 1.85 bits per heavy atom. The molecule has 2 amide bonds. The van der Waals surface area contributed by atoms with Gasteiger partial charge in [-0.05, 0) is 29.8 Å². The average Bonchev–Trinajstić information content (AvgIpc) is 2.47. The maximum Gasteiger partial charge on any atom is 0.313 e. The van der Waals surface area contributed by atoms with Crippen molar-refractivity contribution < 1.29 is 14.0 Å². The summed E-state index contributed by atoms with van der Waals surface area (Å²) in [5.41, 5.74) is 1.14. The fourth-order valence-electron chi connectivity index (χ4n) is 1.49. The number of nitrogens with zero attached hydrogens (tertiary/aromatic N) is 1. The number of carbonyl (C=O) groups is 2. The number of halogens is 1. The highest BCUT2D eigenvalue weighted by atomic mass is 19.1. The van der Waals surface area contributed by atoms with E-state index >= 15 is 0 Å². The van der Waals surface area contributed by atoms with Crippen LogP contribution in [-0.4, -0.2) is 16.8 Å². The molecule has 2 aromatic rings. The standard InChI is InChI=1S/C14H12FN3O2/c15-11-5-3-10(4-6-11)8-17-13(19)14(20)18-12-2-1-7-16-9-12/h1-7,9H,8H2,(H,17,19)(H,18,20). The van der Waals surface area contributed by atoms with Crippen molar-refractivity contribution in [2.45, 2.75) is 6.54 Å². The van der Waals surface area contributed by atoms with E-state index in [-0.39, 0.29) is 12.4 Å². The van der Waals surface area contributed by atoms with Crippen LogP contribution in [0.25, 0.3) is 0 Å². The Bertz CT molecular complexity index is 600. The van der Waals surface area contributed by atoms with Gasteiger partial charge in [-0.25, -0.2) is 4.39 Å². The maximum atomic E-state index is 12.7. The number of pyridine rings is 1. The first kappa shape index (κ1) is 13.7. The van der Waals surface area contributed by atoms with Crippen LogP contribution in [0.1, 0.15) is 5.56 Å². The van der Waals surface area contributed by atoms with Gasteiger partial charge in [0.1, 0.15) is 5.82 Å². The van der Waals surface area contributed by atoms with Crippen molar-refractivity contribution in [2.24, 2.45) is 0 Å². The van der Waals surface area contributed by atoms with Gasteiger partial charge in [0, 0.05) is 12.7 Å². The molecule has 0 spiro atoms. The molecule has 5 nitrogen and oxygen atoms in total. The van der Waals surface area contributed by atoms with Crippen molar-refractivity contribution in [1.82, 2.24) is 10.3 Å². The Hall–Kier alpha value is -2.76. The van der Waals surface area contributed by atoms with Gasteiger partial charge < -0.3 is 10.6 Å². The van der Waals surface area contributed by atoms with E-state index in [0.717, 1.165) is 0 Å². The topological polar surface area (TPSA) is 71.1 Å². The van der Waals surface area contributed by atoms with Crippen molar-refractivity contribution in [3.63, 3.8) is 0 Å². The molecule has 1 heterocycles. The summed E-state index contributed by atoms with van der Waals surface area (Å²) >= 11 is 0. The van der Waals surface area contributed by atoms with Gasteiger partial charge in [0.15, 0.2) is 0 Å². The summed E-state index contributed by atoms with van der Waals surface area (Å²) in [5.74, 6) is -1.90. The summed E-state index contributed by atoms with van der Waals surface area (Å²) in [6, 6.07) is 8.92. The van der Waals surface area contributed by atoms with Crippen LogP contribution in [0.2, 0.25) is 0 Å². The smallest absolute Gasteiger partial charge is 0.313 e. The van der Waals surface area contributed by atoms with Gasteiger partial charge in [0.2, 0.25) is 0 Å². The van der Waals surface area contributed by atoms with E-state index in [2.05, 4.69) is 15.6 Å². The largest absolute Gasteiger partial charge is 0.344 e. The number of carbonyl (C=O) groups excluding carboxylic acids is 2. The summed E-state index contributed by atoms with van der Waals surface area (Å²) < 4.78 is 12.7. The molecule has 0 radical (unpaired) electrons. The number of nitrogens with one attached hydrogen (secondary N) is 2. The van der Waals surface area contributed by atoms with Crippen LogP contribution in [0.3, 0.4) is 0 Å². The number of amides is 2. The zero-order valence-corrected chi connectivity index (χ0v) is 10.5. The third-order valence-electron chi connectivity index (χ3n) is 2.49. The molecule has 0 fully saturated rings. The quantitative estimate of drug-likeness (QED) is 0.832. The summed E-state index contributed by atoms with van der Waals surface area (Å²) in [7, 11) is 0. The van der Waals surface area contributed by atoms with Crippen LogP contribution in [0.15, 0.2) is 48.8 Å². The molecule has 2 N–H and O–H groups in total. The Morgan fingerprint density at radius 3 is 2.50 bits per heavy atom. The number of aromatic nitrogens is 1. The Morgan fingerprint density at radius 1 is 1.10 bits per heavy atom. The summed E-state index contributed by atoms with van der Waals surface area (Å²) in [6.07, 6.45) is 3.00. The second-order valence-corrected chi connectivity index (χ2v) is 4.00. The van der Waals surface area contributed by atoms with E-state index in [1.807, 2.05) is 0 Å². The minimum atomic E-state index is -0.778. The van der Waals surface area contributed by atoms with E-state index < -0.39 is 11.8 Å². The SMILES string of the molecule is O=C(NCc1ccc(F)cc1)C(=O)Nc1cccnc1. The first-order valence-corrected chi connectivity index (χ1v) is 5.89.